The van der Waals surface area contributed by atoms with Crippen molar-refractivity contribution in [3.05, 3.63) is 33.9 Å². The standard InChI is InChI=1S/C18H28N4O3/c1-14-3-5-16(17(13-14)22(24)25)20-9-2-10-21-18(23)6-4-15-7-11-19-12-8-15/h3,5,13,15,19-20H,2,4,6-12H2,1H3,(H,21,23). The number of hydrogen-bond acceptors (Lipinski definition) is 5. The summed E-state index contributed by atoms with van der Waals surface area (Å²) in [5.74, 6) is 0.760. The van der Waals surface area contributed by atoms with E-state index in [-0.39, 0.29) is 16.5 Å². The molecule has 1 heterocycles. The second-order valence-corrected chi connectivity index (χ2v) is 6.64. The molecule has 0 aliphatic carbocycles. The Labute approximate surface area is 148 Å². The van der Waals surface area contributed by atoms with Crippen LogP contribution in [0.1, 0.15) is 37.7 Å². The molecular weight excluding hydrogens is 320 g/mol. The van der Waals surface area contributed by atoms with Crippen LogP contribution in [0.3, 0.4) is 0 Å². The smallest absolute Gasteiger partial charge is 0.292 e. The number of rotatable bonds is 9. The number of carbonyl (C=O) groups is 1. The van der Waals surface area contributed by atoms with E-state index in [4.69, 9.17) is 0 Å². The van der Waals surface area contributed by atoms with Crippen LogP contribution in [0.25, 0.3) is 0 Å². The predicted octanol–water partition coefficient (Wildman–Crippen LogP) is 2.60. The first-order valence-corrected chi connectivity index (χ1v) is 9.02. The van der Waals surface area contributed by atoms with Crippen LogP contribution in [0.4, 0.5) is 11.4 Å². The second kappa shape index (κ2) is 9.98. The molecule has 1 fully saturated rings. The zero-order valence-corrected chi connectivity index (χ0v) is 14.8. The number of amides is 1. The maximum Gasteiger partial charge on any atom is 0.292 e. The summed E-state index contributed by atoms with van der Waals surface area (Å²) in [7, 11) is 0. The Morgan fingerprint density at radius 3 is 2.80 bits per heavy atom. The summed E-state index contributed by atoms with van der Waals surface area (Å²) in [6.07, 6.45) is 4.59. The van der Waals surface area contributed by atoms with Crippen molar-refractivity contribution in [3.8, 4) is 0 Å². The third kappa shape index (κ3) is 6.70. The lowest BCUT2D eigenvalue weighted by molar-refractivity contribution is -0.384. The molecule has 0 unspecified atom stereocenters. The summed E-state index contributed by atoms with van der Waals surface area (Å²) in [4.78, 5) is 22.5. The Bertz CT molecular complexity index is 586. The van der Waals surface area contributed by atoms with Crippen LogP contribution in [0, 0.1) is 23.0 Å². The molecule has 7 nitrogen and oxygen atoms in total. The maximum absolute atomic E-state index is 11.9. The number of nitrogens with zero attached hydrogens (tertiary/aromatic N) is 1. The SMILES string of the molecule is Cc1ccc(NCCCNC(=O)CCC2CCNCC2)c([N+](=O)[O-])c1. The van der Waals surface area contributed by atoms with Gasteiger partial charge < -0.3 is 16.0 Å². The normalized spacial score (nSPS) is 14.9. The lowest BCUT2D eigenvalue weighted by Gasteiger charge is -2.22. The third-order valence-electron chi connectivity index (χ3n) is 4.58. The molecule has 1 aromatic rings. The molecule has 1 aliphatic heterocycles. The first-order chi connectivity index (χ1) is 12.1. The van der Waals surface area contributed by atoms with Gasteiger partial charge in [0.1, 0.15) is 5.69 Å². The second-order valence-electron chi connectivity index (χ2n) is 6.64. The molecule has 0 spiro atoms. The van der Waals surface area contributed by atoms with Crippen molar-refractivity contribution in [3.63, 3.8) is 0 Å². The average Bonchev–Trinajstić information content (AvgIpc) is 2.61. The van der Waals surface area contributed by atoms with Crippen LogP contribution in [-0.4, -0.2) is 37.0 Å². The van der Waals surface area contributed by atoms with E-state index in [1.807, 2.05) is 13.0 Å². The number of hydrogen-bond donors (Lipinski definition) is 3. The minimum atomic E-state index is -0.377. The molecule has 1 amide bonds. The van der Waals surface area contributed by atoms with Crippen molar-refractivity contribution >= 4 is 17.3 Å². The molecule has 1 aliphatic rings. The Balaban J connectivity index is 1.61. The zero-order chi connectivity index (χ0) is 18.1. The molecule has 0 atom stereocenters. The highest BCUT2D eigenvalue weighted by Gasteiger charge is 2.15. The number of nitro groups is 1. The van der Waals surface area contributed by atoms with E-state index in [1.165, 1.54) is 0 Å². The fourth-order valence-electron chi connectivity index (χ4n) is 3.08. The number of nitrogens with one attached hydrogen (secondary N) is 3. The topological polar surface area (TPSA) is 96.3 Å². The van der Waals surface area contributed by atoms with Gasteiger partial charge in [-0.25, -0.2) is 0 Å². The van der Waals surface area contributed by atoms with Crippen molar-refractivity contribution in [1.29, 1.82) is 0 Å². The predicted molar refractivity (Wildman–Crippen MR) is 98.8 cm³/mol. The van der Waals surface area contributed by atoms with Crippen molar-refractivity contribution < 1.29 is 9.72 Å². The minimum absolute atomic E-state index is 0.0889. The van der Waals surface area contributed by atoms with Crippen molar-refractivity contribution in [2.24, 2.45) is 5.92 Å². The lowest BCUT2D eigenvalue weighted by atomic mass is 9.93. The van der Waals surface area contributed by atoms with Gasteiger partial charge in [-0.3, -0.25) is 14.9 Å². The molecule has 138 valence electrons. The molecule has 2 rings (SSSR count). The molecule has 0 radical (unpaired) electrons. The van der Waals surface area contributed by atoms with Crippen LogP contribution in [0.15, 0.2) is 18.2 Å². The van der Waals surface area contributed by atoms with Crippen LogP contribution in [0.2, 0.25) is 0 Å². The van der Waals surface area contributed by atoms with E-state index in [9.17, 15) is 14.9 Å². The summed E-state index contributed by atoms with van der Waals surface area (Å²) in [5, 5.41) is 20.4. The van der Waals surface area contributed by atoms with Gasteiger partial charge in [-0.15, -0.1) is 0 Å². The average molecular weight is 348 g/mol. The quantitative estimate of drug-likeness (QED) is 0.362. The van der Waals surface area contributed by atoms with Gasteiger partial charge in [0, 0.05) is 25.6 Å². The summed E-state index contributed by atoms with van der Waals surface area (Å²) >= 11 is 0. The number of benzene rings is 1. The van der Waals surface area contributed by atoms with Crippen molar-refractivity contribution in [1.82, 2.24) is 10.6 Å². The highest BCUT2D eigenvalue weighted by Crippen LogP contribution is 2.25. The van der Waals surface area contributed by atoms with Crippen molar-refractivity contribution in [2.75, 3.05) is 31.5 Å². The Morgan fingerprint density at radius 1 is 1.32 bits per heavy atom. The Kier molecular flexibility index (Phi) is 7.66. The summed E-state index contributed by atoms with van der Waals surface area (Å²) in [6.45, 7) is 5.11. The number of aryl methyl sites for hydroxylation is 1. The number of piperidine rings is 1. The molecule has 3 N–H and O–H groups in total. The number of carbonyl (C=O) groups excluding carboxylic acids is 1. The van der Waals surface area contributed by atoms with Crippen LogP contribution in [0.5, 0.6) is 0 Å². The molecule has 7 heteroatoms. The van der Waals surface area contributed by atoms with Gasteiger partial charge in [0.05, 0.1) is 4.92 Å². The summed E-state index contributed by atoms with van der Waals surface area (Å²) in [6, 6.07) is 5.13. The number of nitro benzene ring substituents is 1. The molecule has 0 aromatic heterocycles. The number of anilines is 1. The van der Waals surface area contributed by atoms with E-state index in [2.05, 4.69) is 16.0 Å². The largest absolute Gasteiger partial charge is 0.379 e. The first kappa shape index (κ1) is 19.2. The molecular formula is C18H28N4O3. The molecule has 1 aromatic carbocycles. The van der Waals surface area contributed by atoms with Gasteiger partial charge in [-0.05, 0) is 63.2 Å². The maximum atomic E-state index is 11.9. The molecule has 0 bridgehead atoms. The van der Waals surface area contributed by atoms with Gasteiger partial charge in [0.25, 0.3) is 5.69 Å². The van der Waals surface area contributed by atoms with Crippen LogP contribution in [-0.2, 0) is 4.79 Å². The van der Waals surface area contributed by atoms with Crippen LogP contribution >= 0.6 is 0 Å². The van der Waals surface area contributed by atoms with Gasteiger partial charge in [-0.1, -0.05) is 6.07 Å². The monoisotopic (exact) mass is 348 g/mol. The van der Waals surface area contributed by atoms with Crippen molar-refractivity contribution in [2.45, 2.75) is 39.0 Å². The lowest BCUT2D eigenvalue weighted by Crippen LogP contribution is -2.30. The molecule has 25 heavy (non-hydrogen) atoms. The van der Waals surface area contributed by atoms with Gasteiger partial charge in [0.15, 0.2) is 0 Å². The third-order valence-corrected chi connectivity index (χ3v) is 4.58. The summed E-state index contributed by atoms with van der Waals surface area (Å²) in [5.41, 5.74) is 1.47. The van der Waals surface area contributed by atoms with E-state index in [0.717, 1.165) is 44.3 Å². The molecule has 1 saturated heterocycles. The highest BCUT2D eigenvalue weighted by molar-refractivity contribution is 5.75. The van der Waals surface area contributed by atoms with Crippen LogP contribution < -0.4 is 16.0 Å². The highest BCUT2D eigenvalue weighted by atomic mass is 16.6. The first-order valence-electron chi connectivity index (χ1n) is 9.02. The Hall–Kier alpha value is -2.15. The van der Waals surface area contributed by atoms with E-state index in [1.54, 1.807) is 12.1 Å². The van der Waals surface area contributed by atoms with E-state index < -0.39 is 0 Å². The fourth-order valence-corrected chi connectivity index (χ4v) is 3.08. The zero-order valence-electron chi connectivity index (χ0n) is 14.8. The van der Waals surface area contributed by atoms with Gasteiger partial charge in [-0.2, -0.15) is 0 Å². The minimum Gasteiger partial charge on any atom is -0.379 e. The molecule has 0 saturated carbocycles. The van der Waals surface area contributed by atoms with Gasteiger partial charge in [0.2, 0.25) is 5.91 Å². The van der Waals surface area contributed by atoms with E-state index in [0.29, 0.717) is 31.1 Å². The van der Waals surface area contributed by atoms with E-state index >= 15 is 0 Å². The fraction of sp³-hybridized carbons (Fsp3) is 0.611. The van der Waals surface area contributed by atoms with Gasteiger partial charge >= 0.3 is 0 Å². The Morgan fingerprint density at radius 2 is 2.08 bits per heavy atom. The summed E-state index contributed by atoms with van der Waals surface area (Å²) < 4.78 is 0.